The van der Waals surface area contributed by atoms with Crippen LogP contribution in [0.1, 0.15) is 11.1 Å². The number of benzene rings is 1. The molecule has 0 aliphatic carbocycles. The zero-order chi connectivity index (χ0) is 15.3. The Kier molecular flexibility index (Phi) is 4.89. The van der Waals surface area contributed by atoms with Crippen molar-refractivity contribution in [3.63, 3.8) is 0 Å². The Hall–Kier alpha value is -1.96. The Morgan fingerprint density at radius 3 is 2.62 bits per heavy atom. The van der Waals surface area contributed by atoms with Crippen LogP contribution in [0.5, 0.6) is 5.75 Å². The van der Waals surface area contributed by atoms with Crippen molar-refractivity contribution in [1.29, 1.82) is 0 Å². The highest BCUT2D eigenvalue weighted by Crippen LogP contribution is 2.17. The van der Waals surface area contributed by atoms with Crippen LogP contribution >= 0.6 is 0 Å². The maximum Gasteiger partial charge on any atom is 0.258 e. The molecule has 112 valence electrons. The minimum Gasteiger partial charge on any atom is -0.496 e. The molecule has 0 amide bonds. The SMILES string of the molecule is COc1ccccc1CNS(=O)(=O)c1ccc(CO)cn1. The van der Waals surface area contributed by atoms with Crippen LogP contribution in [0.2, 0.25) is 0 Å². The van der Waals surface area contributed by atoms with Crippen molar-refractivity contribution in [3.8, 4) is 5.75 Å². The molecule has 21 heavy (non-hydrogen) atoms. The molecule has 0 bridgehead atoms. The van der Waals surface area contributed by atoms with E-state index in [2.05, 4.69) is 9.71 Å². The lowest BCUT2D eigenvalue weighted by Gasteiger charge is -2.10. The quantitative estimate of drug-likeness (QED) is 0.833. The highest BCUT2D eigenvalue weighted by molar-refractivity contribution is 7.89. The average Bonchev–Trinajstić information content (AvgIpc) is 2.53. The van der Waals surface area contributed by atoms with Gasteiger partial charge in [0.25, 0.3) is 10.0 Å². The largest absolute Gasteiger partial charge is 0.496 e. The number of aliphatic hydroxyl groups excluding tert-OH is 1. The van der Waals surface area contributed by atoms with Crippen LogP contribution in [0.3, 0.4) is 0 Å². The second-order valence-corrected chi connectivity index (χ2v) is 6.01. The summed E-state index contributed by atoms with van der Waals surface area (Å²) < 4.78 is 31.9. The van der Waals surface area contributed by atoms with Crippen molar-refractivity contribution in [2.75, 3.05) is 7.11 Å². The number of para-hydroxylation sites is 1. The van der Waals surface area contributed by atoms with Crippen molar-refractivity contribution in [2.24, 2.45) is 0 Å². The number of nitrogens with zero attached hydrogens (tertiary/aromatic N) is 1. The molecule has 7 heteroatoms. The number of pyridine rings is 1. The van der Waals surface area contributed by atoms with E-state index in [4.69, 9.17) is 9.84 Å². The van der Waals surface area contributed by atoms with Crippen molar-refractivity contribution >= 4 is 10.0 Å². The first-order chi connectivity index (χ1) is 10.1. The Balaban J connectivity index is 2.13. The normalized spacial score (nSPS) is 11.3. The third-order valence-electron chi connectivity index (χ3n) is 2.90. The van der Waals surface area contributed by atoms with Gasteiger partial charge in [0.15, 0.2) is 5.03 Å². The van der Waals surface area contributed by atoms with Crippen LogP contribution in [-0.2, 0) is 23.2 Å². The van der Waals surface area contributed by atoms with Crippen molar-refractivity contribution in [2.45, 2.75) is 18.2 Å². The lowest BCUT2D eigenvalue weighted by atomic mass is 10.2. The second-order valence-electron chi connectivity index (χ2n) is 4.30. The Morgan fingerprint density at radius 1 is 1.24 bits per heavy atom. The summed E-state index contributed by atoms with van der Waals surface area (Å²) >= 11 is 0. The van der Waals surface area contributed by atoms with E-state index in [9.17, 15) is 8.42 Å². The van der Waals surface area contributed by atoms with E-state index in [1.807, 2.05) is 6.07 Å². The minimum absolute atomic E-state index is 0.0883. The lowest BCUT2D eigenvalue weighted by Crippen LogP contribution is -2.24. The fourth-order valence-corrected chi connectivity index (χ4v) is 2.69. The number of rotatable bonds is 6. The highest BCUT2D eigenvalue weighted by Gasteiger charge is 2.16. The summed E-state index contributed by atoms with van der Waals surface area (Å²) in [4.78, 5) is 3.83. The van der Waals surface area contributed by atoms with Gasteiger partial charge in [-0.25, -0.2) is 18.1 Å². The summed E-state index contributed by atoms with van der Waals surface area (Å²) in [5.41, 5.74) is 1.29. The Morgan fingerprint density at radius 2 is 2.00 bits per heavy atom. The van der Waals surface area contributed by atoms with Crippen molar-refractivity contribution in [3.05, 3.63) is 53.7 Å². The molecule has 0 aliphatic rings. The average molecular weight is 308 g/mol. The molecule has 0 saturated carbocycles. The number of methoxy groups -OCH3 is 1. The molecule has 0 radical (unpaired) electrons. The minimum atomic E-state index is -3.71. The standard InChI is InChI=1S/C14H16N2O4S/c1-20-13-5-3-2-4-12(13)9-16-21(18,19)14-7-6-11(10-17)8-15-14/h2-8,16-17H,9-10H2,1H3. The first-order valence-electron chi connectivity index (χ1n) is 6.24. The van der Waals surface area contributed by atoms with Gasteiger partial charge in [0.2, 0.25) is 0 Å². The molecule has 2 rings (SSSR count). The van der Waals surface area contributed by atoms with Crippen molar-refractivity contribution in [1.82, 2.24) is 9.71 Å². The zero-order valence-corrected chi connectivity index (χ0v) is 12.3. The predicted octanol–water partition coefficient (Wildman–Crippen LogP) is 1.06. The van der Waals surface area contributed by atoms with Gasteiger partial charge in [0, 0.05) is 18.3 Å². The van der Waals surface area contributed by atoms with Crippen molar-refractivity contribution < 1.29 is 18.3 Å². The first kappa shape index (κ1) is 15.4. The predicted molar refractivity (Wildman–Crippen MR) is 77.2 cm³/mol. The molecular weight excluding hydrogens is 292 g/mol. The van der Waals surface area contributed by atoms with Crippen LogP contribution in [0.4, 0.5) is 0 Å². The maximum atomic E-state index is 12.1. The van der Waals surface area contributed by atoms with E-state index >= 15 is 0 Å². The molecule has 0 aliphatic heterocycles. The van der Waals surface area contributed by atoms with E-state index < -0.39 is 10.0 Å². The van der Waals surface area contributed by atoms with E-state index in [1.54, 1.807) is 18.2 Å². The van der Waals surface area contributed by atoms with Gasteiger partial charge in [-0.05, 0) is 17.7 Å². The van der Waals surface area contributed by atoms with Gasteiger partial charge in [0.05, 0.1) is 13.7 Å². The first-order valence-corrected chi connectivity index (χ1v) is 7.72. The van der Waals surface area contributed by atoms with Crippen LogP contribution in [0, 0.1) is 0 Å². The fraction of sp³-hybridized carbons (Fsp3) is 0.214. The number of sulfonamides is 1. The van der Waals surface area contributed by atoms with Gasteiger partial charge >= 0.3 is 0 Å². The molecule has 0 atom stereocenters. The van der Waals surface area contributed by atoms with E-state index in [-0.39, 0.29) is 18.2 Å². The third-order valence-corrected chi connectivity index (χ3v) is 4.22. The molecule has 1 aromatic carbocycles. The third kappa shape index (κ3) is 3.78. The summed E-state index contributed by atoms with van der Waals surface area (Å²) in [7, 11) is -2.18. The van der Waals surface area contributed by atoms with Crippen LogP contribution in [-0.4, -0.2) is 25.6 Å². The zero-order valence-electron chi connectivity index (χ0n) is 11.5. The van der Waals surface area contributed by atoms with Crippen LogP contribution in [0.25, 0.3) is 0 Å². The van der Waals surface area contributed by atoms with E-state index in [0.29, 0.717) is 11.3 Å². The van der Waals surface area contributed by atoms with Crippen LogP contribution < -0.4 is 9.46 Å². The van der Waals surface area contributed by atoms with E-state index in [0.717, 1.165) is 5.56 Å². The summed E-state index contributed by atoms with van der Waals surface area (Å²) in [6.07, 6.45) is 1.33. The highest BCUT2D eigenvalue weighted by atomic mass is 32.2. The monoisotopic (exact) mass is 308 g/mol. The molecule has 6 nitrogen and oxygen atoms in total. The Bertz CT molecular complexity index is 699. The van der Waals surface area contributed by atoms with Gasteiger partial charge in [-0.2, -0.15) is 0 Å². The Labute approximate surface area is 123 Å². The lowest BCUT2D eigenvalue weighted by molar-refractivity contribution is 0.281. The van der Waals surface area contributed by atoms with Gasteiger partial charge in [-0.3, -0.25) is 0 Å². The summed E-state index contributed by atoms with van der Waals surface area (Å²) in [6.45, 7) is -0.0717. The maximum absolute atomic E-state index is 12.1. The number of aliphatic hydroxyl groups is 1. The molecular formula is C14H16N2O4S. The van der Waals surface area contributed by atoms with E-state index in [1.165, 1.54) is 25.4 Å². The molecule has 0 saturated heterocycles. The molecule has 0 unspecified atom stereocenters. The summed E-state index contributed by atoms with van der Waals surface area (Å²) in [6, 6.07) is 10.0. The topological polar surface area (TPSA) is 88.5 Å². The number of nitrogens with one attached hydrogen (secondary N) is 1. The smallest absolute Gasteiger partial charge is 0.258 e. The van der Waals surface area contributed by atoms with Gasteiger partial charge in [0.1, 0.15) is 5.75 Å². The summed E-state index contributed by atoms with van der Waals surface area (Å²) in [5, 5.41) is 8.83. The second kappa shape index (κ2) is 6.66. The number of hydrogen-bond acceptors (Lipinski definition) is 5. The molecule has 2 aromatic rings. The molecule has 0 spiro atoms. The van der Waals surface area contributed by atoms with Gasteiger partial charge < -0.3 is 9.84 Å². The number of hydrogen-bond donors (Lipinski definition) is 2. The number of aromatic nitrogens is 1. The molecule has 1 aromatic heterocycles. The van der Waals surface area contributed by atoms with Gasteiger partial charge in [-0.15, -0.1) is 0 Å². The van der Waals surface area contributed by atoms with Crippen LogP contribution in [0.15, 0.2) is 47.6 Å². The molecule has 2 N–H and O–H groups in total. The summed E-state index contributed by atoms with van der Waals surface area (Å²) in [5.74, 6) is 0.615. The number of ether oxygens (including phenoxy) is 1. The fourth-order valence-electron chi connectivity index (χ4n) is 1.76. The molecule has 1 heterocycles. The molecule has 0 fully saturated rings. The van der Waals surface area contributed by atoms with Gasteiger partial charge in [-0.1, -0.05) is 24.3 Å².